The van der Waals surface area contributed by atoms with Crippen molar-refractivity contribution in [3.8, 4) is 0 Å². The number of nitrogen functional groups attached to an aromatic ring is 1. The number of aromatic nitrogens is 1. The van der Waals surface area contributed by atoms with E-state index in [0.29, 0.717) is 25.6 Å². The first kappa shape index (κ1) is 13.3. The summed E-state index contributed by atoms with van der Waals surface area (Å²) in [6, 6.07) is 4.00. The summed E-state index contributed by atoms with van der Waals surface area (Å²) in [4.78, 5) is 20.5. The molecule has 3 heterocycles. The van der Waals surface area contributed by atoms with Crippen LogP contribution in [0.5, 0.6) is 0 Å². The van der Waals surface area contributed by atoms with E-state index in [1.807, 2.05) is 24.1 Å². The van der Waals surface area contributed by atoms with E-state index < -0.39 is 0 Å². The first-order valence-corrected chi connectivity index (χ1v) is 6.91. The quantitative estimate of drug-likeness (QED) is 0.820. The zero-order valence-electron chi connectivity index (χ0n) is 11.7. The minimum absolute atomic E-state index is 0.0783. The molecule has 0 aromatic carbocycles. The first-order valence-electron chi connectivity index (χ1n) is 6.91. The van der Waals surface area contributed by atoms with Gasteiger partial charge in [0, 0.05) is 38.4 Å². The molecule has 2 aliphatic rings. The fourth-order valence-corrected chi connectivity index (χ4v) is 2.94. The van der Waals surface area contributed by atoms with Crippen LogP contribution in [-0.2, 0) is 16.1 Å². The van der Waals surface area contributed by atoms with E-state index in [1.165, 1.54) is 0 Å². The van der Waals surface area contributed by atoms with Gasteiger partial charge in [-0.25, -0.2) is 4.98 Å². The predicted octanol–water partition coefficient (Wildman–Crippen LogP) is -0.0472. The molecule has 2 bridgehead atoms. The van der Waals surface area contributed by atoms with Gasteiger partial charge in [0.1, 0.15) is 5.82 Å². The average molecular weight is 276 g/mol. The van der Waals surface area contributed by atoms with Gasteiger partial charge in [-0.3, -0.25) is 9.69 Å². The molecule has 3 rings (SSSR count). The lowest BCUT2D eigenvalue weighted by atomic mass is 10.1. The summed E-state index contributed by atoms with van der Waals surface area (Å²) in [5.74, 6) is 0.678. The molecule has 2 aliphatic heterocycles. The number of fused-ring (bicyclic) bond motifs is 3. The minimum Gasteiger partial charge on any atom is -0.383 e. The highest BCUT2D eigenvalue weighted by Crippen LogP contribution is 2.21. The molecule has 0 radical (unpaired) electrons. The molecule has 0 spiro atoms. The topological polar surface area (TPSA) is 71.7 Å². The van der Waals surface area contributed by atoms with Crippen molar-refractivity contribution in [1.29, 1.82) is 0 Å². The number of rotatable bonds is 2. The predicted molar refractivity (Wildman–Crippen MR) is 74.8 cm³/mol. The summed E-state index contributed by atoms with van der Waals surface area (Å²) >= 11 is 0. The Labute approximate surface area is 118 Å². The van der Waals surface area contributed by atoms with E-state index in [0.717, 1.165) is 18.7 Å². The average Bonchev–Trinajstić information content (AvgIpc) is 2.60. The van der Waals surface area contributed by atoms with Crippen LogP contribution in [0.15, 0.2) is 18.3 Å². The van der Waals surface area contributed by atoms with Crippen LogP contribution in [0.1, 0.15) is 5.56 Å². The Kier molecular flexibility index (Phi) is 3.58. The van der Waals surface area contributed by atoms with Gasteiger partial charge in [-0.1, -0.05) is 6.07 Å². The number of amides is 1. The molecule has 2 atom stereocenters. The maximum Gasteiger partial charge on any atom is 0.229 e. The van der Waals surface area contributed by atoms with Gasteiger partial charge in [0.15, 0.2) is 0 Å². The van der Waals surface area contributed by atoms with Gasteiger partial charge < -0.3 is 15.4 Å². The summed E-state index contributed by atoms with van der Waals surface area (Å²) in [7, 11) is 1.87. The highest BCUT2D eigenvalue weighted by molar-refractivity contribution is 5.79. The highest BCUT2D eigenvalue weighted by atomic mass is 16.5. The first-order chi connectivity index (χ1) is 9.65. The van der Waals surface area contributed by atoms with Gasteiger partial charge in [0.25, 0.3) is 0 Å². The van der Waals surface area contributed by atoms with Crippen molar-refractivity contribution in [2.24, 2.45) is 5.92 Å². The Hall–Kier alpha value is -1.66. The number of carbonyl (C=O) groups is 1. The summed E-state index contributed by atoms with van der Waals surface area (Å²) in [6.45, 7) is 3.38. The zero-order valence-corrected chi connectivity index (χ0v) is 11.7. The molecule has 6 nitrogen and oxygen atoms in total. The van der Waals surface area contributed by atoms with Crippen LogP contribution < -0.4 is 5.73 Å². The fourth-order valence-electron chi connectivity index (χ4n) is 2.94. The summed E-state index contributed by atoms with van der Waals surface area (Å²) < 4.78 is 5.60. The summed E-state index contributed by atoms with van der Waals surface area (Å²) in [5, 5.41) is 0. The van der Waals surface area contributed by atoms with Crippen molar-refractivity contribution in [2.45, 2.75) is 12.6 Å². The van der Waals surface area contributed by atoms with Gasteiger partial charge in [-0.15, -0.1) is 0 Å². The maximum absolute atomic E-state index is 12.3. The molecule has 2 saturated heterocycles. The van der Waals surface area contributed by atoms with Crippen molar-refractivity contribution < 1.29 is 9.53 Å². The Morgan fingerprint density at radius 3 is 3.10 bits per heavy atom. The van der Waals surface area contributed by atoms with Crippen LogP contribution in [0.3, 0.4) is 0 Å². The van der Waals surface area contributed by atoms with Gasteiger partial charge in [0.05, 0.1) is 25.2 Å². The van der Waals surface area contributed by atoms with Crippen LogP contribution in [0.4, 0.5) is 5.82 Å². The summed E-state index contributed by atoms with van der Waals surface area (Å²) in [5.41, 5.74) is 6.92. The SMILES string of the molecule is CN1C(=O)[C@H]2COC[C@@H]1CN(Cc1cccnc1N)C2. The van der Waals surface area contributed by atoms with Crippen molar-refractivity contribution in [2.75, 3.05) is 39.1 Å². The number of hydrogen-bond donors (Lipinski definition) is 1. The molecule has 2 fully saturated rings. The standard InChI is InChI=1S/C14H20N4O2/c1-17-12-7-18(5-10-3-2-4-16-13(10)15)6-11(14(17)19)8-20-9-12/h2-4,11-12H,5-9H2,1H3,(H2,15,16)/t11-,12+/m1/s1. The van der Waals surface area contributed by atoms with Crippen LogP contribution in [0, 0.1) is 5.92 Å². The number of pyridine rings is 1. The normalized spacial score (nSPS) is 27.4. The van der Waals surface area contributed by atoms with Crippen molar-refractivity contribution in [3.05, 3.63) is 23.9 Å². The number of nitrogens with two attached hydrogens (primary N) is 1. The molecule has 2 N–H and O–H groups in total. The van der Waals surface area contributed by atoms with Crippen LogP contribution in [-0.4, -0.2) is 60.1 Å². The Bertz CT molecular complexity index is 508. The molecule has 0 saturated carbocycles. The van der Waals surface area contributed by atoms with E-state index in [-0.39, 0.29) is 17.9 Å². The fraction of sp³-hybridized carbons (Fsp3) is 0.571. The smallest absolute Gasteiger partial charge is 0.229 e. The number of anilines is 1. The lowest BCUT2D eigenvalue weighted by molar-refractivity contribution is -0.133. The maximum atomic E-state index is 12.3. The van der Waals surface area contributed by atoms with E-state index in [1.54, 1.807) is 6.20 Å². The lowest BCUT2D eigenvalue weighted by Gasteiger charge is -2.29. The Balaban J connectivity index is 1.79. The molecular formula is C14H20N4O2. The third kappa shape index (κ3) is 2.48. The third-order valence-electron chi connectivity index (χ3n) is 4.14. The van der Waals surface area contributed by atoms with Gasteiger partial charge in [-0.2, -0.15) is 0 Å². The van der Waals surface area contributed by atoms with E-state index in [2.05, 4.69) is 9.88 Å². The molecule has 6 heteroatoms. The molecule has 0 aliphatic carbocycles. The van der Waals surface area contributed by atoms with Crippen molar-refractivity contribution >= 4 is 11.7 Å². The largest absolute Gasteiger partial charge is 0.383 e. The number of ether oxygens (including phenoxy) is 1. The monoisotopic (exact) mass is 276 g/mol. The number of hydrogen-bond acceptors (Lipinski definition) is 5. The van der Waals surface area contributed by atoms with Gasteiger partial charge in [-0.05, 0) is 6.07 Å². The second kappa shape index (κ2) is 5.38. The lowest BCUT2D eigenvalue weighted by Crippen LogP contribution is -2.43. The van der Waals surface area contributed by atoms with Crippen molar-refractivity contribution in [1.82, 2.24) is 14.8 Å². The number of likely N-dealkylation sites (N-methyl/N-ethyl adjacent to an activating group) is 1. The second-order valence-electron chi connectivity index (χ2n) is 5.58. The molecule has 1 aromatic heterocycles. The second-order valence-corrected chi connectivity index (χ2v) is 5.58. The molecule has 108 valence electrons. The van der Waals surface area contributed by atoms with Crippen LogP contribution in [0.25, 0.3) is 0 Å². The Morgan fingerprint density at radius 2 is 2.30 bits per heavy atom. The summed E-state index contributed by atoms with van der Waals surface area (Å²) in [6.07, 6.45) is 1.70. The molecule has 0 unspecified atom stereocenters. The minimum atomic E-state index is -0.0783. The molecular weight excluding hydrogens is 256 g/mol. The van der Waals surface area contributed by atoms with Crippen molar-refractivity contribution in [3.63, 3.8) is 0 Å². The van der Waals surface area contributed by atoms with E-state index in [9.17, 15) is 4.79 Å². The van der Waals surface area contributed by atoms with E-state index >= 15 is 0 Å². The third-order valence-corrected chi connectivity index (χ3v) is 4.14. The number of carbonyl (C=O) groups excluding carboxylic acids is 1. The van der Waals surface area contributed by atoms with E-state index in [4.69, 9.17) is 10.5 Å². The van der Waals surface area contributed by atoms with Gasteiger partial charge in [0.2, 0.25) is 5.91 Å². The van der Waals surface area contributed by atoms with Gasteiger partial charge >= 0.3 is 0 Å². The molecule has 1 aromatic rings. The Morgan fingerprint density at radius 1 is 1.45 bits per heavy atom. The van der Waals surface area contributed by atoms with Crippen LogP contribution in [0.2, 0.25) is 0 Å². The highest BCUT2D eigenvalue weighted by Gasteiger charge is 2.37. The zero-order chi connectivity index (χ0) is 14.1. The molecule has 20 heavy (non-hydrogen) atoms. The van der Waals surface area contributed by atoms with Crippen LogP contribution >= 0.6 is 0 Å². The number of nitrogens with zero attached hydrogens (tertiary/aromatic N) is 3. The molecule has 1 amide bonds.